The van der Waals surface area contributed by atoms with Crippen molar-refractivity contribution in [1.29, 1.82) is 0 Å². The second-order valence-electron chi connectivity index (χ2n) is 5.51. The van der Waals surface area contributed by atoms with E-state index in [1.807, 2.05) is 19.1 Å². The van der Waals surface area contributed by atoms with Crippen molar-refractivity contribution >= 4 is 11.9 Å². The van der Waals surface area contributed by atoms with Gasteiger partial charge in [0.15, 0.2) is 0 Å². The van der Waals surface area contributed by atoms with Gasteiger partial charge >= 0.3 is 5.97 Å². The van der Waals surface area contributed by atoms with Crippen molar-refractivity contribution in [2.24, 2.45) is 0 Å². The first-order valence-electron chi connectivity index (χ1n) is 7.01. The average molecular weight is 293 g/mol. The van der Waals surface area contributed by atoms with Gasteiger partial charge < -0.3 is 15.2 Å². The first kappa shape index (κ1) is 17.0. The molecular formula is C16H23NO4. The molecule has 1 atom stereocenters. The molecule has 0 saturated heterocycles. The van der Waals surface area contributed by atoms with Gasteiger partial charge in [0.1, 0.15) is 11.8 Å². The van der Waals surface area contributed by atoms with Gasteiger partial charge in [0.25, 0.3) is 0 Å². The van der Waals surface area contributed by atoms with Gasteiger partial charge in [-0.05, 0) is 38.0 Å². The highest BCUT2D eigenvalue weighted by Gasteiger charge is 2.32. The Morgan fingerprint density at radius 1 is 1.29 bits per heavy atom. The number of hydrogen-bond donors (Lipinski definition) is 2. The summed E-state index contributed by atoms with van der Waals surface area (Å²) in [7, 11) is 1.58. The molecule has 1 aromatic rings. The highest BCUT2D eigenvalue weighted by molar-refractivity contribution is 5.90. The summed E-state index contributed by atoms with van der Waals surface area (Å²) in [6.07, 6.45) is 1.11. The van der Waals surface area contributed by atoms with E-state index >= 15 is 0 Å². The van der Waals surface area contributed by atoms with Crippen LogP contribution in [0.4, 0.5) is 0 Å². The quantitative estimate of drug-likeness (QED) is 0.809. The second kappa shape index (κ2) is 7.11. The van der Waals surface area contributed by atoms with Crippen molar-refractivity contribution in [3.63, 3.8) is 0 Å². The number of ether oxygens (including phenoxy) is 1. The van der Waals surface area contributed by atoms with Crippen LogP contribution in [0.3, 0.4) is 0 Å². The molecule has 0 bridgehead atoms. The summed E-state index contributed by atoms with van der Waals surface area (Å²) in [5, 5.41) is 11.7. The Morgan fingerprint density at radius 3 is 2.29 bits per heavy atom. The number of amides is 1. The van der Waals surface area contributed by atoms with Gasteiger partial charge in [-0.15, -0.1) is 0 Å². The van der Waals surface area contributed by atoms with Gasteiger partial charge in [-0.25, -0.2) is 4.79 Å². The van der Waals surface area contributed by atoms with Gasteiger partial charge in [-0.3, -0.25) is 4.79 Å². The lowest BCUT2D eigenvalue weighted by molar-refractivity contribution is -0.142. The summed E-state index contributed by atoms with van der Waals surface area (Å²) in [6.45, 7) is 5.43. The Bertz CT molecular complexity index is 494. The lowest BCUT2D eigenvalue weighted by atomic mass is 9.83. The maximum atomic E-state index is 12.4. The summed E-state index contributed by atoms with van der Waals surface area (Å²) < 4.78 is 5.09. The van der Waals surface area contributed by atoms with Crippen molar-refractivity contribution in [2.45, 2.75) is 45.1 Å². The topological polar surface area (TPSA) is 75.6 Å². The van der Waals surface area contributed by atoms with E-state index in [1.54, 1.807) is 33.1 Å². The number of carboxylic acid groups (broad SMARTS) is 1. The Kier molecular flexibility index (Phi) is 5.76. The molecule has 0 aliphatic carbocycles. The first-order chi connectivity index (χ1) is 9.82. The predicted molar refractivity (Wildman–Crippen MR) is 80.5 cm³/mol. The van der Waals surface area contributed by atoms with E-state index in [9.17, 15) is 9.59 Å². The van der Waals surface area contributed by atoms with E-state index in [1.165, 1.54) is 0 Å². The molecule has 1 unspecified atom stereocenters. The minimum absolute atomic E-state index is 0.298. The maximum Gasteiger partial charge on any atom is 0.326 e. The standard InChI is InChI=1S/C16H23NO4/c1-5-6-13(14(18)19)17-15(20)16(2,3)11-7-9-12(21-4)10-8-11/h7-10,13H,5-6H2,1-4H3,(H,17,20)(H,18,19). The van der Waals surface area contributed by atoms with Crippen LogP contribution in [0.25, 0.3) is 0 Å². The number of benzene rings is 1. The highest BCUT2D eigenvalue weighted by Crippen LogP contribution is 2.25. The number of rotatable bonds is 7. The summed E-state index contributed by atoms with van der Waals surface area (Å²) in [4.78, 5) is 23.5. The van der Waals surface area contributed by atoms with E-state index in [-0.39, 0.29) is 5.91 Å². The third-order valence-electron chi connectivity index (χ3n) is 3.56. The molecule has 5 heteroatoms. The fraction of sp³-hybridized carbons (Fsp3) is 0.500. The van der Waals surface area contributed by atoms with Crippen molar-refractivity contribution in [2.75, 3.05) is 7.11 Å². The van der Waals surface area contributed by atoms with Crippen LogP contribution in [0.5, 0.6) is 5.75 Å². The molecule has 0 spiro atoms. The molecule has 0 saturated carbocycles. The molecule has 21 heavy (non-hydrogen) atoms. The smallest absolute Gasteiger partial charge is 0.326 e. The van der Waals surface area contributed by atoms with Crippen molar-refractivity contribution in [3.8, 4) is 5.75 Å². The summed E-state index contributed by atoms with van der Waals surface area (Å²) in [5.74, 6) is -0.589. The van der Waals surface area contributed by atoms with Gasteiger partial charge in [0, 0.05) is 0 Å². The number of carboxylic acids is 1. The van der Waals surface area contributed by atoms with E-state index in [0.29, 0.717) is 18.6 Å². The number of hydrogen-bond acceptors (Lipinski definition) is 3. The lowest BCUT2D eigenvalue weighted by Crippen LogP contribution is -2.48. The third kappa shape index (κ3) is 4.21. The number of methoxy groups -OCH3 is 1. The van der Waals surface area contributed by atoms with Crippen LogP contribution in [0.2, 0.25) is 0 Å². The summed E-state index contributed by atoms with van der Waals surface area (Å²) >= 11 is 0. The second-order valence-corrected chi connectivity index (χ2v) is 5.51. The molecule has 0 aromatic heterocycles. The van der Waals surface area contributed by atoms with Crippen LogP contribution in [0, 0.1) is 0 Å². The zero-order chi connectivity index (χ0) is 16.0. The molecule has 1 aromatic carbocycles. The minimum atomic E-state index is -1.00. The van der Waals surface area contributed by atoms with E-state index < -0.39 is 17.4 Å². The van der Waals surface area contributed by atoms with E-state index in [4.69, 9.17) is 9.84 Å². The van der Waals surface area contributed by atoms with Crippen LogP contribution in [0.1, 0.15) is 39.2 Å². The van der Waals surface area contributed by atoms with E-state index in [2.05, 4.69) is 5.32 Å². The molecule has 1 amide bonds. The first-order valence-corrected chi connectivity index (χ1v) is 7.01. The van der Waals surface area contributed by atoms with Crippen LogP contribution in [-0.2, 0) is 15.0 Å². The summed E-state index contributed by atoms with van der Waals surface area (Å²) in [5.41, 5.74) is -0.00491. The molecule has 0 aliphatic heterocycles. The van der Waals surface area contributed by atoms with Gasteiger partial charge in [0.2, 0.25) is 5.91 Å². The molecule has 5 nitrogen and oxygen atoms in total. The fourth-order valence-electron chi connectivity index (χ4n) is 2.02. The number of nitrogens with one attached hydrogen (secondary N) is 1. The number of aliphatic carboxylic acids is 1. The molecule has 0 heterocycles. The van der Waals surface area contributed by atoms with Crippen LogP contribution >= 0.6 is 0 Å². The van der Waals surface area contributed by atoms with Gasteiger partial charge in [-0.1, -0.05) is 25.5 Å². The Balaban J connectivity index is 2.89. The summed E-state index contributed by atoms with van der Waals surface area (Å²) in [6, 6.07) is 6.35. The molecule has 0 radical (unpaired) electrons. The normalized spacial score (nSPS) is 12.6. The third-order valence-corrected chi connectivity index (χ3v) is 3.56. The van der Waals surface area contributed by atoms with Crippen LogP contribution in [0.15, 0.2) is 24.3 Å². The zero-order valence-corrected chi connectivity index (χ0v) is 13.0. The molecule has 1 rings (SSSR count). The Labute approximate surface area is 125 Å². The monoisotopic (exact) mass is 293 g/mol. The van der Waals surface area contributed by atoms with E-state index in [0.717, 1.165) is 5.56 Å². The van der Waals surface area contributed by atoms with Crippen molar-refractivity contribution < 1.29 is 19.4 Å². The van der Waals surface area contributed by atoms with Crippen LogP contribution < -0.4 is 10.1 Å². The SMILES string of the molecule is CCCC(NC(=O)C(C)(C)c1ccc(OC)cc1)C(=O)O. The number of carbonyl (C=O) groups is 2. The molecule has 116 valence electrons. The van der Waals surface area contributed by atoms with Gasteiger partial charge in [-0.2, -0.15) is 0 Å². The molecule has 2 N–H and O–H groups in total. The molecule has 0 fully saturated rings. The minimum Gasteiger partial charge on any atom is -0.497 e. The average Bonchev–Trinajstić information content (AvgIpc) is 2.46. The van der Waals surface area contributed by atoms with Crippen LogP contribution in [-0.4, -0.2) is 30.1 Å². The lowest BCUT2D eigenvalue weighted by Gasteiger charge is -2.26. The Hall–Kier alpha value is -2.04. The van der Waals surface area contributed by atoms with Crippen molar-refractivity contribution in [3.05, 3.63) is 29.8 Å². The highest BCUT2D eigenvalue weighted by atomic mass is 16.5. The predicted octanol–water partition coefficient (Wildman–Crippen LogP) is 2.34. The molecular weight excluding hydrogens is 270 g/mol. The zero-order valence-electron chi connectivity index (χ0n) is 13.0. The maximum absolute atomic E-state index is 12.4. The van der Waals surface area contributed by atoms with Gasteiger partial charge in [0.05, 0.1) is 12.5 Å². The Morgan fingerprint density at radius 2 is 1.86 bits per heavy atom. The van der Waals surface area contributed by atoms with Crippen molar-refractivity contribution in [1.82, 2.24) is 5.32 Å². The largest absolute Gasteiger partial charge is 0.497 e. The molecule has 0 aliphatic rings. The number of carbonyl (C=O) groups excluding carboxylic acids is 1. The fourth-order valence-corrected chi connectivity index (χ4v) is 2.02.